The zero-order chi connectivity index (χ0) is 19.1. The second-order valence-electron chi connectivity index (χ2n) is 6.79. The minimum absolute atomic E-state index is 0.0685. The van der Waals surface area contributed by atoms with Gasteiger partial charge >= 0.3 is 6.18 Å². The molecule has 1 saturated heterocycles. The number of aryl methyl sites for hydroxylation is 1. The Morgan fingerprint density at radius 1 is 1.23 bits per heavy atom. The van der Waals surface area contributed by atoms with Gasteiger partial charge in [0.1, 0.15) is 11.9 Å². The van der Waals surface area contributed by atoms with Gasteiger partial charge in [-0.1, -0.05) is 0 Å². The summed E-state index contributed by atoms with van der Waals surface area (Å²) in [4.78, 5) is 2.13. The lowest BCUT2D eigenvalue weighted by Crippen LogP contribution is -2.19. The summed E-state index contributed by atoms with van der Waals surface area (Å²) in [6, 6.07) is 4.42. The number of phenolic OH excluding ortho intramolecular Hbond substituents is 1. The lowest BCUT2D eigenvalue weighted by molar-refractivity contribution is -0.137. The summed E-state index contributed by atoms with van der Waals surface area (Å²) in [6.07, 6.45) is -4.42. The summed E-state index contributed by atoms with van der Waals surface area (Å²) in [6.45, 7) is 3.40. The number of nitrogens with zero attached hydrogens (tertiary/aromatic N) is 3. The molecular formula is C18H20F3N3O2. The van der Waals surface area contributed by atoms with E-state index in [1.165, 1.54) is 6.07 Å². The molecule has 0 aliphatic carbocycles. The molecule has 5 nitrogen and oxygen atoms in total. The molecule has 1 aliphatic rings. The number of likely N-dealkylation sites (tertiary alicyclic amines) is 1. The average molecular weight is 367 g/mol. The van der Waals surface area contributed by atoms with E-state index in [0.29, 0.717) is 17.3 Å². The third-order valence-corrected chi connectivity index (χ3v) is 4.76. The van der Waals surface area contributed by atoms with Crippen LogP contribution in [0.5, 0.6) is 5.75 Å². The molecule has 26 heavy (non-hydrogen) atoms. The minimum atomic E-state index is -4.53. The Kier molecular flexibility index (Phi) is 4.90. The summed E-state index contributed by atoms with van der Waals surface area (Å²) < 4.78 is 38.2. The molecule has 0 spiro atoms. The normalized spacial score (nSPS) is 19.7. The molecule has 2 aromatic rings. The number of halogens is 3. The van der Waals surface area contributed by atoms with Crippen molar-refractivity contribution in [2.75, 3.05) is 20.1 Å². The largest absolute Gasteiger partial charge is 0.507 e. The van der Waals surface area contributed by atoms with Crippen LogP contribution in [0.25, 0.3) is 11.3 Å². The molecule has 0 radical (unpaired) electrons. The van der Waals surface area contributed by atoms with E-state index in [-0.39, 0.29) is 17.2 Å². The van der Waals surface area contributed by atoms with Gasteiger partial charge in [-0.05, 0) is 56.8 Å². The number of phenols is 1. The Bertz CT molecular complexity index is 811. The van der Waals surface area contributed by atoms with Crippen molar-refractivity contribution in [3.63, 3.8) is 0 Å². The lowest BCUT2D eigenvalue weighted by Gasteiger charge is -2.18. The second kappa shape index (κ2) is 6.85. The van der Waals surface area contributed by atoms with E-state index in [0.717, 1.165) is 25.6 Å². The van der Waals surface area contributed by atoms with Crippen LogP contribution >= 0.6 is 0 Å². The Morgan fingerprint density at radius 3 is 2.50 bits per heavy atom. The van der Waals surface area contributed by atoms with E-state index in [1.807, 2.05) is 7.05 Å². The third-order valence-electron chi connectivity index (χ3n) is 4.76. The topological polar surface area (TPSA) is 69.5 Å². The predicted octanol–water partition coefficient (Wildman–Crippen LogP) is 3.16. The first-order valence-electron chi connectivity index (χ1n) is 8.28. The van der Waals surface area contributed by atoms with E-state index in [2.05, 4.69) is 15.1 Å². The monoisotopic (exact) mass is 367 g/mol. The molecule has 2 N–H and O–H groups in total. The van der Waals surface area contributed by atoms with Crippen LogP contribution in [0.15, 0.2) is 24.3 Å². The molecule has 0 amide bonds. The van der Waals surface area contributed by atoms with Crippen molar-refractivity contribution >= 4 is 0 Å². The third kappa shape index (κ3) is 3.66. The number of aromatic nitrogens is 2. The van der Waals surface area contributed by atoms with Crippen LogP contribution in [0.3, 0.4) is 0 Å². The number of aliphatic hydroxyl groups excluding tert-OH is 1. The van der Waals surface area contributed by atoms with Gasteiger partial charge in [0.15, 0.2) is 0 Å². The number of rotatable bonds is 3. The standard InChI is InChI=1S/C18H20F3N3O2/c1-10-7-14(17(26)11-5-6-24(2)9-11)22-23-16(10)13-4-3-12(8-15(13)25)18(19,20)21/h3-4,7-8,11,17,25-26H,5-6,9H2,1-2H3. The Balaban J connectivity index is 1.88. The molecule has 1 aromatic carbocycles. The van der Waals surface area contributed by atoms with Crippen molar-refractivity contribution in [1.82, 2.24) is 15.1 Å². The maximum absolute atomic E-state index is 12.7. The van der Waals surface area contributed by atoms with Crippen LogP contribution in [0.2, 0.25) is 0 Å². The minimum Gasteiger partial charge on any atom is -0.507 e. The summed E-state index contributed by atoms with van der Waals surface area (Å²) in [5, 5.41) is 28.6. The van der Waals surface area contributed by atoms with Crippen LogP contribution in [0.1, 0.15) is 29.3 Å². The number of hydrogen-bond donors (Lipinski definition) is 2. The molecule has 1 fully saturated rings. The van der Waals surface area contributed by atoms with Crippen molar-refractivity contribution in [2.45, 2.75) is 25.6 Å². The number of hydrogen-bond acceptors (Lipinski definition) is 5. The Morgan fingerprint density at radius 2 is 1.96 bits per heavy atom. The summed E-state index contributed by atoms with van der Waals surface area (Å²) in [7, 11) is 1.99. The lowest BCUT2D eigenvalue weighted by atomic mass is 9.97. The highest BCUT2D eigenvalue weighted by atomic mass is 19.4. The first-order valence-corrected chi connectivity index (χ1v) is 8.28. The van der Waals surface area contributed by atoms with Gasteiger partial charge in [0, 0.05) is 18.0 Å². The highest BCUT2D eigenvalue weighted by molar-refractivity contribution is 5.69. The Hall–Kier alpha value is -2.19. The average Bonchev–Trinajstić information content (AvgIpc) is 3.00. The number of alkyl halides is 3. The van der Waals surface area contributed by atoms with Gasteiger partial charge in [0.2, 0.25) is 0 Å². The fourth-order valence-corrected chi connectivity index (χ4v) is 3.29. The molecule has 0 bridgehead atoms. The molecule has 2 heterocycles. The number of benzene rings is 1. The summed E-state index contributed by atoms with van der Waals surface area (Å²) >= 11 is 0. The highest BCUT2D eigenvalue weighted by Gasteiger charge is 2.32. The molecule has 2 unspecified atom stereocenters. The molecule has 3 rings (SSSR count). The van der Waals surface area contributed by atoms with Crippen molar-refractivity contribution in [1.29, 1.82) is 0 Å². The van der Waals surface area contributed by atoms with Gasteiger partial charge < -0.3 is 15.1 Å². The molecule has 140 valence electrons. The fourth-order valence-electron chi connectivity index (χ4n) is 3.29. The van der Waals surface area contributed by atoms with Crippen molar-refractivity contribution in [2.24, 2.45) is 5.92 Å². The second-order valence-corrected chi connectivity index (χ2v) is 6.79. The van der Waals surface area contributed by atoms with Crippen molar-refractivity contribution < 1.29 is 23.4 Å². The van der Waals surface area contributed by atoms with E-state index in [9.17, 15) is 23.4 Å². The molecule has 1 aliphatic heterocycles. The van der Waals surface area contributed by atoms with Crippen LogP contribution in [-0.2, 0) is 6.18 Å². The van der Waals surface area contributed by atoms with E-state index < -0.39 is 23.6 Å². The SMILES string of the molecule is Cc1cc(C(O)C2CCN(C)C2)nnc1-c1ccc(C(F)(F)F)cc1O. The quantitative estimate of drug-likeness (QED) is 0.872. The van der Waals surface area contributed by atoms with Crippen LogP contribution in [-0.4, -0.2) is 45.4 Å². The summed E-state index contributed by atoms with van der Waals surface area (Å²) in [5.74, 6) is -0.443. The van der Waals surface area contributed by atoms with Crippen LogP contribution in [0, 0.1) is 12.8 Å². The highest BCUT2D eigenvalue weighted by Crippen LogP contribution is 2.37. The maximum Gasteiger partial charge on any atom is 0.416 e. The van der Waals surface area contributed by atoms with Gasteiger partial charge in [-0.2, -0.15) is 18.3 Å². The van der Waals surface area contributed by atoms with E-state index in [4.69, 9.17) is 0 Å². The fraction of sp³-hybridized carbons (Fsp3) is 0.444. The van der Waals surface area contributed by atoms with Crippen LogP contribution in [0.4, 0.5) is 13.2 Å². The van der Waals surface area contributed by atoms with Gasteiger partial charge in [-0.3, -0.25) is 0 Å². The zero-order valence-corrected chi connectivity index (χ0v) is 14.5. The Labute approximate surface area is 149 Å². The smallest absolute Gasteiger partial charge is 0.416 e. The van der Waals surface area contributed by atoms with Gasteiger partial charge in [0.05, 0.1) is 17.0 Å². The molecule has 0 saturated carbocycles. The van der Waals surface area contributed by atoms with Gasteiger partial charge in [-0.25, -0.2) is 0 Å². The molecular weight excluding hydrogens is 347 g/mol. The zero-order valence-electron chi connectivity index (χ0n) is 14.5. The molecule has 1 aromatic heterocycles. The first kappa shape index (κ1) is 18.6. The van der Waals surface area contributed by atoms with Gasteiger partial charge in [0.25, 0.3) is 0 Å². The summed E-state index contributed by atoms with van der Waals surface area (Å²) in [5.41, 5.74) is 0.579. The number of aromatic hydroxyl groups is 1. The molecule has 2 atom stereocenters. The maximum atomic E-state index is 12.7. The van der Waals surface area contributed by atoms with Crippen molar-refractivity contribution in [3.8, 4) is 17.0 Å². The van der Waals surface area contributed by atoms with E-state index in [1.54, 1.807) is 13.0 Å². The first-order chi connectivity index (χ1) is 12.2. The van der Waals surface area contributed by atoms with Crippen LogP contribution < -0.4 is 0 Å². The van der Waals surface area contributed by atoms with Gasteiger partial charge in [-0.15, -0.1) is 5.10 Å². The molecule has 8 heteroatoms. The number of aliphatic hydroxyl groups is 1. The van der Waals surface area contributed by atoms with Crippen molar-refractivity contribution in [3.05, 3.63) is 41.1 Å². The van der Waals surface area contributed by atoms with E-state index >= 15 is 0 Å². The predicted molar refractivity (Wildman–Crippen MR) is 89.4 cm³/mol.